The van der Waals surface area contributed by atoms with Gasteiger partial charge in [0.15, 0.2) is 17.6 Å². The van der Waals surface area contributed by atoms with E-state index in [9.17, 15) is 14.4 Å². The molecule has 0 fully saturated rings. The summed E-state index contributed by atoms with van der Waals surface area (Å²) in [7, 11) is 3.09. The van der Waals surface area contributed by atoms with Crippen molar-refractivity contribution in [3.63, 3.8) is 0 Å². The number of hydrogen-bond donors (Lipinski definition) is 2. The van der Waals surface area contributed by atoms with Gasteiger partial charge in [0.25, 0.3) is 5.91 Å². The molecule has 0 aliphatic carbocycles. The first-order valence-corrected chi connectivity index (χ1v) is 11.6. The molecule has 0 spiro atoms. The number of nitrogens with zero attached hydrogens (tertiary/aromatic N) is 1. The number of fused-ring (bicyclic) bond motifs is 1. The molecule has 1 aliphatic heterocycles. The van der Waals surface area contributed by atoms with Crippen LogP contribution < -0.4 is 29.7 Å². The Bertz CT molecular complexity index is 1340. The van der Waals surface area contributed by atoms with Crippen LogP contribution in [0.1, 0.15) is 12.5 Å². The molecular weight excluding hydrogens is 474 g/mol. The van der Waals surface area contributed by atoms with E-state index in [1.54, 1.807) is 80.8 Å². The van der Waals surface area contributed by atoms with E-state index in [1.807, 2.05) is 6.07 Å². The smallest absolute Gasteiger partial charge is 0.268 e. The minimum absolute atomic E-state index is 0.203. The molecular formula is C28H27N3O6. The molecule has 3 amide bonds. The Labute approximate surface area is 214 Å². The summed E-state index contributed by atoms with van der Waals surface area (Å²) in [5, 5.41) is 5.56. The number of rotatable bonds is 8. The van der Waals surface area contributed by atoms with Crippen LogP contribution in [-0.2, 0) is 14.4 Å². The Morgan fingerprint density at radius 3 is 2.43 bits per heavy atom. The molecule has 3 aromatic carbocycles. The Hall–Kier alpha value is -4.79. The Morgan fingerprint density at radius 2 is 1.70 bits per heavy atom. The Balaban J connectivity index is 1.48. The van der Waals surface area contributed by atoms with Gasteiger partial charge in [0.1, 0.15) is 12.3 Å². The molecule has 37 heavy (non-hydrogen) atoms. The molecule has 3 aromatic rings. The minimum atomic E-state index is -0.748. The van der Waals surface area contributed by atoms with E-state index in [1.165, 1.54) is 18.1 Å². The fourth-order valence-corrected chi connectivity index (χ4v) is 3.83. The van der Waals surface area contributed by atoms with E-state index >= 15 is 0 Å². The third-order valence-corrected chi connectivity index (χ3v) is 5.63. The van der Waals surface area contributed by atoms with Gasteiger partial charge in [-0.25, -0.2) is 0 Å². The second kappa shape index (κ2) is 11.3. The fraction of sp³-hybridized carbons (Fsp3) is 0.179. The van der Waals surface area contributed by atoms with Gasteiger partial charge in [-0.05, 0) is 61.0 Å². The van der Waals surface area contributed by atoms with Gasteiger partial charge in [0, 0.05) is 17.5 Å². The highest BCUT2D eigenvalue weighted by atomic mass is 16.5. The van der Waals surface area contributed by atoms with Crippen molar-refractivity contribution in [2.75, 3.05) is 36.3 Å². The van der Waals surface area contributed by atoms with Crippen molar-refractivity contribution in [3.8, 4) is 17.2 Å². The summed E-state index contributed by atoms with van der Waals surface area (Å²) < 4.78 is 16.2. The normalized spacial score (nSPS) is 14.5. The van der Waals surface area contributed by atoms with Crippen LogP contribution in [0.15, 0.2) is 72.8 Å². The highest BCUT2D eigenvalue weighted by Crippen LogP contribution is 2.36. The molecule has 1 heterocycles. The van der Waals surface area contributed by atoms with E-state index in [0.29, 0.717) is 34.3 Å². The maximum absolute atomic E-state index is 12.9. The average molecular weight is 502 g/mol. The van der Waals surface area contributed by atoms with Crippen molar-refractivity contribution in [1.29, 1.82) is 0 Å². The molecule has 1 atom stereocenters. The van der Waals surface area contributed by atoms with Crippen molar-refractivity contribution in [2.24, 2.45) is 0 Å². The second-order valence-electron chi connectivity index (χ2n) is 8.22. The zero-order valence-corrected chi connectivity index (χ0v) is 20.7. The van der Waals surface area contributed by atoms with Crippen LogP contribution in [0.4, 0.5) is 17.1 Å². The van der Waals surface area contributed by atoms with Crippen LogP contribution in [0.25, 0.3) is 6.08 Å². The van der Waals surface area contributed by atoms with Gasteiger partial charge in [0.2, 0.25) is 11.8 Å². The standard InChI is InChI=1S/C28H27N3O6/c1-18-28(34)31(17-27(33)29-20-7-5-4-6-8-20)22-16-21(11-13-23(22)37-18)30-26(32)14-10-19-9-12-24(35-2)25(15-19)36-3/h4-16,18H,17H2,1-3H3,(H,29,33)(H,30,32)/b14-10+. The first-order chi connectivity index (χ1) is 17.9. The van der Waals surface area contributed by atoms with Gasteiger partial charge in [-0.1, -0.05) is 24.3 Å². The van der Waals surface area contributed by atoms with Gasteiger partial charge in [-0.15, -0.1) is 0 Å². The topological polar surface area (TPSA) is 106 Å². The fourth-order valence-electron chi connectivity index (χ4n) is 3.83. The second-order valence-corrected chi connectivity index (χ2v) is 8.22. The number of carbonyl (C=O) groups excluding carboxylic acids is 3. The lowest BCUT2D eigenvalue weighted by atomic mass is 10.1. The molecule has 1 aliphatic rings. The van der Waals surface area contributed by atoms with Crippen LogP contribution in [0, 0.1) is 0 Å². The highest BCUT2D eigenvalue weighted by Gasteiger charge is 2.33. The van der Waals surface area contributed by atoms with E-state index in [2.05, 4.69) is 10.6 Å². The van der Waals surface area contributed by atoms with Gasteiger partial charge in [-0.2, -0.15) is 0 Å². The van der Waals surface area contributed by atoms with E-state index in [0.717, 1.165) is 5.56 Å². The summed E-state index contributed by atoms with van der Waals surface area (Å²) >= 11 is 0. The lowest BCUT2D eigenvalue weighted by molar-refractivity contribution is -0.127. The number of benzene rings is 3. The van der Waals surface area contributed by atoms with Gasteiger partial charge < -0.3 is 24.8 Å². The van der Waals surface area contributed by atoms with Crippen LogP contribution >= 0.6 is 0 Å². The molecule has 4 rings (SSSR count). The predicted octanol–water partition coefficient (Wildman–Crippen LogP) is 4.11. The zero-order valence-electron chi connectivity index (χ0n) is 20.7. The molecule has 0 radical (unpaired) electrons. The third-order valence-electron chi connectivity index (χ3n) is 5.63. The molecule has 0 aromatic heterocycles. The lowest BCUT2D eigenvalue weighted by Crippen LogP contribution is -2.47. The van der Waals surface area contributed by atoms with Crippen molar-refractivity contribution >= 4 is 40.9 Å². The van der Waals surface area contributed by atoms with Crippen LogP contribution in [0.2, 0.25) is 0 Å². The molecule has 190 valence electrons. The zero-order chi connectivity index (χ0) is 26.4. The van der Waals surface area contributed by atoms with E-state index in [-0.39, 0.29) is 24.3 Å². The predicted molar refractivity (Wildman–Crippen MR) is 141 cm³/mol. The van der Waals surface area contributed by atoms with Crippen molar-refractivity contribution < 1.29 is 28.6 Å². The Morgan fingerprint density at radius 1 is 0.946 bits per heavy atom. The quantitative estimate of drug-likeness (QED) is 0.450. The number of amides is 3. The molecule has 1 unspecified atom stereocenters. The molecule has 9 nitrogen and oxygen atoms in total. The third kappa shape index (κ3) is 6.07. The summed E-state index contributed by atoms with van der Waals surface area (Å²) in [6.07, 6.45) is 2.28. The van der Waals surface area contributed by atoms with Crippen LogP contribution in [-0.4, -0.2) is 44.6 Å². The maximum atomic E-state index is 12.9. The number of anilines is 3. The van der Waals surface area contributed by atoms with E-state index < -0.39 is 6.10 Å². The Kier molecular flexibility index (Phi) is 7.73. The van der Waals surface area contributed by atoms with E-state index in [4.69, 9.17) is 14.2 Å². The summed E-state index contributed by atoms with van der Waals surface area (Å²) in [6, 6.07) is 19.2. The van der Waals surface area contributed by atoms with Crippen molar-refractivity contribution in [2.45, 2.75) is 13.0 Å². The van der Waals surface area contributed by atoms with Crippen molar-refractivity contribution in [1.82, 2.24) is 0 Å². The molecule has 9 heteroatoms. The minimum Gasteiger partial charge on any atom is -0.493 e. The monoisotopic (exact) mass is 501 g/mol. The summed E-state index contributed by atoms with van der Waals surface area (Å²) in [4.78, 5) is 39.5. The molecule has 2 N–H and O–H groups in total. The number of carbonyl (C=O) groups is 3. The first-order valence-electron chi connectivity index (χ1n) is 11.6. The molecule has 0 bridgehead atoms. The summed E-state index contributed by atoms with van der Waals surface area (Å²) in [5.41, 5.74) is 2.22. The SMILES string of the molecule is COc1ccc(/C=C/C(=O)Nc2ccc3c(c2)N(CC(=O)Nc2ccccc2)C(=O)C(C)O3)cc1OC. The largest absolute Gasteiger partial charge is 0.493 e. The summed E-state index contributed by atoms with van der Waals surface area (Å²) in [5.74, 6) is 0.499. The van der Waals surface area contributed by atoms with Gasteiger partial charge in [-0.3, -0.25) is 19.3 Å². The average Bonchev–Trinajstić information content (AvgIpc) is 2.90. The number of para-hydroxylation sites is 1. The van der Waals surface area contributed by atoms with Crippen LogP contribution in [0.3, 0.4) is 0 Å². The highest BCUT2D eigenvalue weighted by molar-refractivity contribution is 6.07. The molecule has 0 saturated carbocycles. The maximum Gasteiger partial charge on any atom is 0.268 e. The lowest BCUT2D eigenvalue weighted by Gasteiger charge is -2.32. The van der Waals surface area contributed by atoms with Crippen molar-refractivity contribution in [3.05, 3.63) is 78.4 Å². The number of ether oxygens (including phenoxy) is 3. The number of nitrogens with one attached hydrogen (secondary N) is 2. The van der Waals surface area contributed by atoms with Gasteiger partial charge in [0.05, 0.1) is 19.9 Å². The number of methoxy groups -OCH3 is 2. The molecule has 0 saturated heterocycles. The summed E-state index contributed by atoms with van der Waals surface area (Å²) in [6.45, 7) is 1.42. The van der Waals surface area contributed by atoms with Crippen LogP contribution in [0.5, 0.6) is 17.2 Å². The van der Waals surface area contributed by atoms with Gasteiger partial charge >= 0.3 is 0 Å². The number of hydrogen-bond acceptors (Lipinski definition) is 6. The first kappa shape index (κ1) is 25.3.